The van der Waals surface area contributed by atoms with E-state index in [1.54, 1.807) is 7.11 Å². The smallest absolute Gasteiger partial charge is 0.119 e. The lowest BCUT2D eigenvalue weighted by Crippen LogP contribution is -1.96. The summed E-state index contributed by atoms with van der Waals surface area (Å²) in [5, 5.41) is 0. The molecule has 18 heavy (non-hydrogen) atoms. The number of ether oxygens (including phenoxy) is 1. The van der Waals surface area contributed by atoms with Crippen molar-refractivity contribution in [2.45, 2.75) is 25.7 Å². The largest absolute Gasteiger partial charge is 0.497 e. The first kappa shape index (κ1) is 12.7. The lowest BCUT2D eigenvalue weighted by molar-refractivity contribution is 0.414. The number of benzene rings is 2. The molecular weight excluding hydrogens is 220 g/mol. The zero-order valence-corrected chi connectivity index (χ0v) is 11.1. The van der Waals surface area contributed by atoms with Gasteiger partial charge >= 0.3 is 0 Å². The molecule has 1 nitrogen and oxygen atoms in total. The van der Waals surface area contributed by atoms with Crippen LogP contribution < -0.4 is 4.74 Å². The van der Waals surface area contributed by atoms with Crippen LogP contribution in [-0.2, 0) is 6.42 Å². The van der Waals surface area contributed by atoms with Crippen molar-refractivity contribution in [1.29, 1.82) is 0 Å². The van der Waals surface area contributed by atoms with Gasteiger partial charge in [-0.15, -0.1) is 0 Å². The van der Waals surface area contributed by atoms with Crippen LogP contribution in [0.1, 0.15) is 30.4 Å². The van der Waals surface area contributed by atoms with E-state index in [0.29, 0.717) is 5.92 Å². The minimum Gasteiger partial charge on any atom is -0.497 e. The first-order valence-electron chi connectivity index (χ1n) is 6.47. The number of hydrogen-bond donors (Lipinski definition) is 0. The van der Waals surface area contributed by atoms with Crippen LogP contribution in [0.2, 0.25) is 0 Å². The summed E-state index contributed by atoms with van der Waals surface area (Å²) in [5.74, 6) is 1.54. The van der Waals surface area contributed by atoms with Crippen LogP contribution in [-0.4, -0.2) is 7.11 Å². The Bertz CT molecular complexity index is 476. The Kier molecular flexibility index (Phi) is 4.40. The summed E-state index contributed by atoms with van der Waals surface area (Å²) in [6.07, 6.45) is 2.25. The van der Waals surface area contributed by atoms with Crippen LogP contribution in [0.25, 0.3) is 0 Å². The Morgan fingerprint density at radius 2 is 1.78 bits per heavy atom. The molecule has 0 aliphatic rings. The predicted molar refractivity (Wildman–Crippen MR) is 76.2 cm³/mol. The van der Waals surface area contributed by atoms with Crippen LogP contribution >= 0.6 is 0 Å². The van der Waals surface area contributed by atoms with E-state index in [1.165, 1.54) is 11.1 Å². The van der Waals surface area contributed by atoms with Gasteiger partial charge in [0.2, 0.25) is 0 Å². The van der Waals surface area contributed by atoms with E-state index in [-0.39, 0.29) is 0 Å². The van der Waals surface area contributed by atoms with E-state index < -0.39 is 0 Å². The molecule has 1 unspecified atom stereocenters. The maximum atomic E-state index is 5.25. The van der Waals surface area contributed by atoms with E-state index in [1.807, 2.05) is 6.07 Å². The van der Waals surface area contributed by atoms with Gasteiger partial charge in [-0.1, -0.05) is 49.4 Å². The van der Waals surface area contributed by atoms with E-state index >= 15 is 0 Å². The minimum atomic E-state index is 0.595. The van der Waals surface area contributed by atoms with Crippen LogP contribution in [0.5, 0.6) is 5.75 Å². The highest BCUT2D eigenvalue weighted by molar-refractivity contribution is 5.29. The first-order valence-corrected chi connectivity index (χ1v) is 6.47. The zero-order valence-electron chi connectivity index (χ0n) is 11.1. The second-order valence-corrected chi connectivity index (χ2v) is 4.70. The molecule has 0 heterocycles. The third kappa shape index (κ3) is 3.36. The van der Waals surface area contributed by atoms with E-state index in [2.05, 4.69) is 55.5 Å². The maximum absolute atomic E-state index is 5.25. The minimum absolute atomic E-state index is 0.595. The SMILES string of the molecule is COc1cccc(CCC(C)c2ccccc2)c1. The molecule has 1 heteroatoms. The van der Waals surface area contributed by atoms with Crippen molar-refractivity contribution in [2.24, 2.45) is 0 Å². The molecule has 0 N–H and O–H groups in total. The average molecular weight is 240 g/mol. The Balaban J connectivity index is 1.95. The molecule has 0 saturated heterocycles. The van der Waals surface area contributed by atoms with Crippen molar-refractivity contribution in [1.82, 2.24) is 0 Å². The standard InChI is InChI=1S/C17H20O/c1-14(16-8-4-3-5-9-16)11-12-15-7-6-10-17(13-15)18-2/h3-10,13-14H,11-12H2,1-2H3. The highest BCUT2D eigenvalue weighted by Gasteiger charge is 2.05. The Hall–Kier alpha value is -1.76. The number of hydrogen-bond acceptors (Lipinski definition) is 1. The van der Waals surface area contributed by atoms with Crippen molar-refractivity contribution in [3.05, 3.63) is 65.7 Å². The third-order valence-electron chi connectivity index (χ3n) is 3.37. The summed E-state index contributed by atoms with van der Waals surface area (Å²) in [7, 11) is 1.71. The van der Waals surface area contributed by atoms with Crippen LogP contribution in [0, 0.1) is 0 Å². The molecule has 0 fully saturated rings. The van der Waals surface area contributed by atoms with Gasteiger partial charge in [-0.3, -0.25) is 0 Å². The Morgan fingerprint density at radius 1 is 1.00 bits per heavy atom. The van der Waals surface area contributed by atoms with Gasteiger partial charge in [-0.05, 0) is 42.0 Å². The average Bonchev–Trinajstić information content (AvgIpc) is 2.46. The fourth-order valence-corrected chi connectivity index (χ4v) is 2.16. The highest BCUT2D eigenvalue weighted by atomic mass is 16.5. The van der Waals surface area contributed by atoms with Crippen LogP contribution in [0.4, 0.5) is 0 Å². The summed E-state index contributed by atoms with van der Waals surface area (Å²) in [5.41, 5.74) is 2.76. The fourth-order valence-electron chi connectivity index (χ4n) is 2.16. The summed E-state index contributed by atoms with van der Waals surface area (Å²) in [6, 6.07) is 19.0. The molecule has 2 rings (SSSR count). The molecule has 0 radical (unpaired) electrons. The third-order valence-corrected chi connectivity index (χ3v) is 3.37. The fraction of sp³-hybridized carbons (Fsp3) is 0.294. The first-order chi connectivity index (χ1) is 8.79. The number of methoxy groups -OCH3 is 1. The van der Waals surface area contributed by atoms with Crippen molar-refractivity contribution in [3.63, 3.8) is 0 Å². The summed E-state index contributed by atoms with van der Waals surface area (Å²) in [6.45, 7) is 2.29. The van der Waals surface area contributed by atoms with Gasteiger partial charge in [0.15, 0.2) is 0 Å². The zero-order chi connectivity index (χ0) is 12.8. The molecule has 2 aromatic rings. The van der Waals surface area contributed by atoms with E-state index in [9.17, 15) is 0 Å². The normalized spacial score (nSPS) is 12.1. The van der Waals surface area contributed by atoms with Gasteiger partial charge in [0.25, 0.3) is 0 Å². The second-order valence-electron chi connectivity index (χ2n) is 4.70. The predicted octanol–water partition coefficient (Wildman–Crippen LogP) is 4.43. The van der Waals surface area contributed by atoms with Crippen LogP contribution in [0.3, 0.4) is 0 Å². The molecular formula is C17H20O. The van der Waals surface area contributed by atoms with Crippen LogP contribution in [0.15, 0.2) is 54.6 Å². The van der Waals surface area contributed by atoms with Gasteiger partial charge in [-0.2, -0.15) is 0 Å². The molecule has 0 amide bonds. The monoisotopic (exact) mass is 240 g/mol. The van der Waals surface area contributed by atoms with Gasteiger partial charge in [0.05, 0.1) is 7.11 Å². The van der Waals surface area contributed by atoms with Gasteiger partial charge < -0.3 is 4.74 Å². The lowest BCUT2D eigenvalue weighted by atomic mass is 9.94. The molecule has 0 aromatic heterocycles. The molecule has 0 aliphatic carbocycles. The Morgan fingerprint density at radius 3 is 2.50 bits per heavy atom. The highest BCUT2D eigenvalue weighted by Crippen LogP contribution is 2.22. The maximum Gasteiger partial charge on any atom is 0.119 e. The van der Waals surface area contributed by atoms with E-state index in [0.717, 1.165) is 18.6 Å². The molecule has 0 spiro atoms. The number of aryl methyl sites for hydroxylation is 1. The molecule has 2 aromatic carbocycles. The number of rotatable bonds is 5. The van der Waals surface area contributed by atoms with Crippen molar-refractivity contribution >= 4 is 0 Å². The van der Waals surface area contributed by atoms with Gasteiger partial charge in [0, 0.05) is 0 Å². The molecule has 0 aliphatic heterocycles. The summed E-state index contributed by atoms with van der Waals surface area (Å²) in [4.78, 5) is 0. The molecule has 94 valence electrons. The Labute approximate surface area is 109 Å². The summed E-state index contributed by atoms with van der Waals surface area (Å²) < 4.78 is 5.25. The van der Waals surface area contributed by atoms with Crippen molar-refractivity contribution in [2.75, 3.05) is 7.11 Å². The summed E-state index contributed by atoms with van der Waals surface area (Å²) >= 11 is 0. The topological polar surface area (TPSA) is 9.23 Å². The lowest BCUT2D eigenvalue weighted by Gasteiger charge is -2.12. The molecule has 0 saturated carbocycles. The van der Waals surface area contributed by atoms with Gasteiger partial charge in [-0.25, -0.2) is 0 Å². The molecule has 1 atom stereocenters. The van der Waals surface area contributed by atoms with Crippen molar-refractivity contribution in [3.8, 4) is 5.75 Å². The van der Waals surface area contributed by atoms with Gasteiger partial charge in [0.1, 0.15) is 5.75 Å². The van der Waals surface area contributed by atoms with Crippen molar-refractivity contribution < 1.29 is 4.74 Å². The molecule has 0 bridgehead atoms. The second kappa shape index (κ2) is 6.25. The quantitative estimate of drug-likeness (QED) is 0.751. The van der Waals surface area contributed by atoms with E-state index in [4.69, 9.17) is 4.74 Å².